The van der Waals surface area contributed by atoms with Crippen LogP contribution in [0.1, 0.15) is 46.0 Å². The molecule has 2 heterocycles. The van der Waals surface area contributed by atoms with E-state index in [0.717, 1.165) is 26.1 Å². The number of rotatable bonds is 2. The molecule has 3 unspecified atom stereocenters. The van der Waals surface area contributed by atoms with Gasteiger partial charge in [-0.25, -0.2) is 0 Å². The molecule has 98 valence electrons. The van der Waals surface area contributed by atoms with Crippen LogP contribution in [0.25, 0.3) is 0 Å². The second kappa shape index (κ2) is 5.85. The topological polar surface area (TPSA) is 32.3 Å². The van der Waals surface area contributed by atoms with Crippen molar-refractivity contribution >= 4 is 5.91 Å². The van der Waals surface area contributed by atoms with E-state index >= 15 is 0 Å². The summed E-state index contributed by atoms with van der Waals surface area (Å²) in [6.45, 7) is 7.61. The second-order valence-corrected chi connectivity index (χ2v) is 5.86. The summed E-state index contributed by atoms with van der Waals surface area (Å²) in [7, 11) is 0. The number of nitrogens with zero attached hydrogens (tertiary/aromatic N) is 1. The second-order valence-electron chi connectivity index (χ2n) is 5.86. The summed E-state index contributed by atoms with van der Waals surface area (Å²) in [6, 6.07) is 0.438. The maximum Gasteiger partial charge on any atom is 0.223 e. The number of hydrogen-bond acceptors (Lipinski definition) is 2. The van der Waals surface area contributed by atoms with Gasteiger partial charge in [0.25, 0.3) is 0 Å². The lowest BCUT2D eigenvalue weighted by molar-refractivity contribution is -0.136. The van der Waals surface area contributed by atoms with E-state index in [1.165, 1.54) is 25.7 Å². The lowest BCUT2D eigenvalue weighted by Gasteiger charge is -2.39. The van der Waals surface area contributed by atoms with Crippen molar-refractivity contribution in [2.75, 3.05) is 19.6 Å². The highest BCUT2D eigenvalue weighted by Crippen LogP contribution is 2.25. The molecule has 2 aliphatic heterocycles. The molecule has 0 aromatic rings. The van der Waals surface area contributed by atoms with Gasteiger partial charge in [-0.2, -0.15) is 0 Å². The minimum absolute atomic E-state index is 0.387. The fourth-order valence-corrected chi connectivity index (χ4v) is 3.15. The summed E-state index contributed by atoms with van der Waals surface area (Å²) < 4.78 is 0. The molecule has 0 aromatic carbocycles. The molecule has 0 aliphatic carbocycles. The molecule has 0 spiro atoms. The number of likely N-dealkylation sites (tertiary alicyclic amines) is 1. The van der Waals surface area contributed by atoms with Crippen LogP contribution in [0.3, 0.4) is 0 Å². The molecule has 2 aliphatic rings. The summed E-state index contributed by atoms with van der Waals surface area (Å²) in [5.74, 6) is 1.62. The van der Waals surface area contributed by atoms with Crippen LogP contribution in [0.15, 0.2) is 0 Å². The van der Waals surface area contributed by atoms with Gasteiger partial charge in [0.1, 0.15) is 0 Å². The smallest absolute Gasteiger partial charge is 0.223 e. The van der Waals surface area contributed by atoms with Crippen molar-refractivity contribution in [1.29, 1.82) is 0 Å². The van der Waals surface area contributed by atoms with Crippen LogP contribution in [0.5, 0.6) is 0 Å². The highest BCUT2D eigenvalue weighted by atomic mass is 16.2. The van der Waals surface area contributed by atoms with E-state index in [0.29, 0.717) is 23.8 Å². The Kier molecular flexibility index (Phi) is 4.43. The fourth-order valence-electron chi connectivity index (χ4n) is 3.15. The number of hydrogen-bond donors (Lipinski definition) is 1. The van der Waals surface area contributed by atoms with Crippen LogP contribution >= 0.6 is 0 Å². The Hall–Kier alpha value is -0.570. The van der Waals surface area contributed by atoms with Gasteiger partial charge in [-0.05, 0) is 57.5 Å². The fraction of sp³-hybridized carbons (Fsp3) is 0.929. The first-order valence-corrected chi connectivity index (χ1v) is 7.18. The van der Waals surface area contributed by atoms with E-state index in [-0.39, 0.29) is 0 Å². The molecule has 1 amide bonds. The summed E-state index contributed by atoms with van der Waals surface area (Å²) in [5.41, 5.74) is 0. The highest BCUT2D eigenvalue weighted by Gasteiger charge is 2.29. The van der Waals surface area contributed by atoms with Crippen molar-refractivity contribution in [1.82, 2.24) is 10.2 Å². The van der Waals surface area contributed by atoms with Crippen molar-refractivity contribution in [2.24, 2.45) is 11.8 Å². The van der Waals surface area contributed by atoms with Crippen LogP contribution in [0.4, 0.5) is 0 Å². The summed E-state index contributed by atoms with van der Waals surface area (Å²) in [5, 5.41) is 3.39. The van der Waals surface area contributed by atoms with Crippen molar-refractivity contribution in [3.63, 3.8) is 0 Å². The molecule has 17 heavy (non-hydrogen) atoms. The van der Waals surface area contributed by atoms with Gasteiger partial charge in [-0.3, -0.25) is 4.79 Å². The largest absolute Gasteiger partial charge is 0.340 e. The van der Waals surface area contributed by atoms with Gasteiger partial charge in [-0.15, -0.1) is 0 Å². The minimum Gasteiger partial charge on any atom is -0.340 e. The van der Waals surface area contributed by atoms with Gasteiger partial charge in [0.2, 0.25) is 5.91 Å². The van der Waals surface area contributed by atoms with Crippen LogP contribution in [-0.2, 0) is 4.79 Å². The van der Waals surface area contributed by atoms with Gasteiger partial charge in [0.15, 0.2) is 0 Å². The Morgan fingerprint density at radius 2 is 2.12 bits per heavy atom. The molecule has 1 N–H and O–H groups in total. The number of nitrogens with one attached hydrogen (secondary N) is 1. The van der Waals surface area contributed by atoms with Crippen LogP contribution in [-0.4, -0.2) is 36.5 Å². The van der Waals surface area contributed by atoms with Gasteiger partial charge in [-0.1, -0.05) is 6.92 Å². The number of amides is 1. The molecule has 2 saturated heterocycles. The standard InChI is InChI=1S/C14H26N2O/c1-11-5-4-8-16(12(11)2)14(17)9-13-6-3-7-15-10-13/h11-13,15H,3-10H2,1-2H3. The maximum absolute atomic E-state index is 12.3. The Morgan fingerprint density at radius 1 is 1.29 bits per heavy atom. The summed E-state index contributed by atoms with van der Waals surface area (Å²) in [4.78, 5) is 14.4. The number of piperidine rings is 2. The molecular weight excluding hydrogens is 212 g/mol. The maximum atomic E-state index is 12.3. The Balaban J connectivity index is 1.85. The van der Waals surface area contributed by atoms with E-state index < -0.39 is 0 Å². The van der Waals surface area contributed by atoms with Crippen molar-refractivity contribution < 1.29 is 4.79 Å². The molecule has 0 radical (unpaired) electrons. The predicted molar refractivity (Wildman–Crippen MR) is 69.8 cm³/mol. The third-order valence-corrected chi connectivity index (χ3v) is 4.56. The molecule has 3 heteroatoms. The Labute approximate surface area is 105 Å². The first-order valence-electron chi connectivity index (χ1n) is 7.18. The lowest BCUT2D eigenvalue weighted by Crippen LogP contribution is -2.47. The molecule has 0 bridgehead atoms. The zero-order valence-electron chi connectivity index (χ0n) is 11.2. The monoisotopic (exact) mass is 238 g/mol. The Bertz CT molecular complexity index is 261. The average Bonchev–Trinajstić information content (AvgIpc) is 2.34. The normalized spacial score (nSPS) is 34.7. The predicted octanol–water partition coefficient (Wildman–Crippen LogP) is 2.02. The van der Waals surface area contributed by atoms with Gasteiger partial charge >= 0.3 is 0 Å². The SMILES string of the molecule is CC1CCCN(C(=O)CC2CCCNC2)C1C. The number of carbonyl (C=O) groups excluding carboxylic acids is 1. The lowest BCUT2D eigenvalue weighted by atomic mass is 9.90. The third-order valence-electron chi connectivity index (χ3n) is 4.56. The molecule has 0 aromatic heterocycles. The summed E-state index contributed by atoms with van der Waals surface area (Å²) >= 11 is 0. The zero-order valence-corrected chi connectivity index (χ0v) is 11.2. The van der Waals surface area contributed by atoms with Crippen LogP contribution in [0.2, 0.25) is 0 Å². The van der Waals surface area contributed by atoms with Crippen molar-refractivity contribution in [3.05, 3.63) is 0 Å². The van der Waals surface area contributed by atoms with Gasteiger partial charge in [0, 0.05) is 19.0 Å². The molecule has 0 saturated carbocycles. The molecular formula is C14H26N2O. The summed E-state index contributed by atoms with van der Waals surface area (Å²) in [6.07, 6.45) is 5.65. The van der Waals surface area contributed by atoms with Crippen LogP contribution < -0.4 is 5.32 Å². The zero-order chi connectivity index (χ0) is 12.3. The highest BCUT2D eigenvalue weighted by molar-refractivity contribution is 5.77. The van der Waals surface area contributed by atoms with E-state index in [9.17, 15) is 4.79 Å². The van der Waals surface area contributed by atoms with Crippen molar-refractivity contribution in [2.45, 2.75) is 52.0 Å². The Morgan fingerprint density at radius 3 is 2.82 bits per heavy atom. The molecule has 3 nitrogen and oxygen atoms in total. The van der Waals surface area contributed by atoms with E-state index in [1.807, 2.05) is 0 Å². The van der Waals surface area contributed by atoms with Gasteiger partial charge in [0.05, 0.1) is 0 Å². The first kappa shape index (κ1) is 12.9. The van der Waals surface area contributed by atoms with Gasteiger partial charge < -0.3 is 10.2 Å². The molecule has 2 rings (SSSR count). The number of carbonyl (C=O) groups is 1. The average molecular weight is 238 g/mol. The van der Waals surface area contributed by atoms with E-state index in [2.05, 4.69) is 24.1 Å². The minimum atomic E-state index is 0.387. The third kappa shape index (κ3) is 3.21. The molecule has 3 atom stereocenters. The quantitative estimate of drug-likeness (QED) is 0.798. The van der Waals surface area contributed by atoms with Crippen LogP contribution in [0, 0.1) is 11.8 Å². The molecule has 2 fully saturated rings. The van der Waals surface area contributed by atoms with E-state index in [4.69, 9.17) is 0 Å². The van der Waals surface area contributed by atoms with Crippen molar-refractivity contribution in [3.8, 4) is 0 Å². The van der Waals surface area contributed by atoms with E-state index in [1.54, 1.807) is 0 Å². The first-order chi connectivity index (χ1) is 8.18.